The molecule has 15 heavy (non-hydrogen) atoms. The highest BCUT2D eigenvalue weighted by atomic mass is 32.2. The predicted octanol–water partition coefficient (Wildman–Crippen LogP) is 1.64. The van der Waals surface area contributed by atoms with E-state index < -0.39 is 15.5 Å². The lowest BCUT2D eigenvalue weighted by atomic mass is 10.1. The highest BCUT2D eigenvalue weighted by Crippen LogP contribution is 2.23. The SMILES string of the molecule is O=S(=O)(NC1=CCC(=S)C=C1)C(F)(F)F. The first kappa shape index (κ1) is 12.2. The van der Waals surface area contributed by atoms with E-state index in [-0.39, 0.29) is 12.1 Å². The normalized spacial score (nSPS) is 17.5. The van der Waals surface area contributed by atoms with Crippen LogP contribution in [0, 0.1) is 0 Å². The average molecular weight is 257 g/mol. The van der Waals surface area contributed by atoms with Gasteiger partial charge in [-0.15, -0.1) is 0 Å². The van der Waals surface area contributed by atoms with Crippen molar-refractivity contribution in [1.82, 2.24) is 4.72 Å². The number of allylic oxidation sites excluding steroid dienone is 3. The first-order valence-corrected chi connectivity index (χ1v) is 5.62. The van der Waals surface area contributed by atoms with Crippen LogP contribution in [0.5, 0.6) is 0 Å². The molecule has 0 bridgehead atoms. The van der Waals surface area contributed by atoms with E-state index in [9.17, 15) is 21.6 Å². The highest BCUT2D eigenvalue weighted by molar-refractivity contribution is 7.90. The van der Waals surface area contributed by atoms with Gasteiger partial charge in [0.25, 0.3) is 0 Å². The Morgan fingerprint density at radius 2 is 1.93 bits per heavy atom. The molecule has 3 nitrogen and oxygen atoms in total. The summed E-state index contributed by atoms with van der Waals surface area (Å²) in [6, 6.07) is 0. The van der Waals surface area contributed by atoms with Crippen molar-refractivity contribution in [1.29, 1.82) is 0 Å². The minimum absolute atomic E-state index is 0.124. The number of halogens is 3. The van der Waals surface area contributed by atoms with Crippen molar-refractivity contribution >= 4 is 27.1 Å². The van der Waals surface area contributed by atoms with Crippen LogP contribution in [0.1, 0.15) is 6.42 Å². The molecule has 1 N–H and O–H groups in total. The van der Waals surface area contributed by atoms with Gasteiger partial charge in [-0.3, -0.25) is 4.72 Å². The van der Waals surface area contributed by atoms with E-state index >= 15 is 0 Å². The fourth-order valence-corrected chi connectivity index (χ4v) is 1.55. The van der Waals surface area contributed by atoms with Gasteiger partial charge in [-0.05, 0) is 12.2 Å². The number of hydrogen-bond acceptors (Lipinski definition) is 3. The highest BCUT2D eigenvalue weighted by Gasteiger charge is 2.46. The standard InChI is InChI=1S/C7H6F3NO2S2/c8-7(9,10)15(12,13)11-5-1-3-6(14)4-2-5/h1-3,11H,4H2. The molecule has 0 saturated heterocycles. The third-order valence-electron chi connectivity index (χ3n) is 1.53. The van der Waals surface area contributed by atoms with Crippen LogP contribution in [0.15, 0.2) is 23.9 Å². The molecule has 0 amide bonds. The zero-order valence-corrected chi connectivity index (χ0v) is 8.84. The second kappa shape index (κ2) is 3.93. The minimum atomic E-state index is -5.33. The lowest BCUT2D eigenvalue weighted by molar-refractivity contribution is -0.0444. The molecule has 0 spiro atoms. The topological polar surface area (TPSA) is 46.2 Å². The Morgan fingerprint density at radius 1 is 1.33 bits per heavy atom. The molecule has 0 unspecified atom stereocenters. The first-order valence-electron chi connectivity index (χ1n) is 3.72. The van der Waals surface area contributed by atoms with E-state index in [1.165, 1.54) is 23.0 Å². The molecule has 0 heterocycles. The number of thiocarbonyl (C=S) groups is 1. The van der Waals surface area contributed by atoms with Gasteiger partial charge < -0.3 is 0 Å². The maximum atomic E-state index is 11.9. The van der Waals surface area contributed by atoms with E-state index in [0.717, 1.165) is 0 Å². The van der Waals surface area contributed by atoms with Gasteiger partial charge in [-0.2, -0.15) is 21.6 Å². The summed E-state index contributed by atoms with van der Waals surface area (Å²) in [4.78, 5) is 0.532. The third-order valence-corrected chi connectivity index (χ3v) is 2.95. The summed E-state index contributed by atoms with van der Waals surface area (Å²) in [5.74, 6) is 0. The number of hydrogen-bond donors (Lipinski definition) is 1. The van der Waals surface area contributed by atoms with Crippen molar-refractivity contribution < 1.29 is 21.6 Å². The average Bonchev–Trinajstić information content (AvgIpc) is 2.06. The second-order valence-corrected chi connectivity index (χ2v) is 4.91. The summed E-state index contributed by atoms with van der Waals surface area (Å²) in [6.07, 6.45) is 4.10. The van der Waals surface area contributed by atoms with Gasteiger partial charge in [0.1, 0.15) is 0 Å². The van der Waals surface area contributed by atoms with Crippen molar-refractivity contribution in [3.63, 3.8) is 0 Å². The van der Waals surface area contributed by atoms with Crippen LogP contribution in [0.25, 0.3) is 0 Å². The maximum absolute atomic E-state index is 11.9. The Labute approximate surface area is 89.7 Å². The number of rotatable bonds is 2. The molecule has 0 radical (unpaired) electrons. The molecule has 0 aliphatic heterocycles. The molecule has 0 aromatic heterocycles. The van der Waals surface area contributed by atoms with Crippen LogP contribution in [-0.2, 0) is 10.0 Å². The number of sulfonamides is 1. The van der Waals surface area contributed by atoms with Gasteiger partial charge >= 0.3 is 15.5 Å². The summed E-state index contributed by atoms with van der Waals surface area (Å²) in [6.45, 7) is 0. The van der Waals surface area contributed by atoms with E-state index in [1.807, 2.05) is 0 Å². The number of alkyl halides is 3. The molecule has 8 heteroatoms. The molecule has 1 aliphatic carbocycles. The van der Waals surface area contributed by atoms with Crippen LogP contribution < -0.4 is 4.72 Å². The Morgan fingerprint density at radius 3 is 2.33 bits per heavy atom. The van der Waals surface area contributed by atoms with E-state index in [2.05, 4.69) is 0 Å². The van der Waals surface area contributed by atoms with Gasteiger partial charge in [0, 0.05) is 17.0 Å². The number of nitrogens with one attached hydrogen (secondary N) is 1. The molecule has 84 valence electrons. The Balaban J connectivity index is 2.81. The fraction of sp³-hybridized carbons (Fsp3) is 0.286. The van der Waals surface area contributed by atoms with Crippen LogP contribution in [0.3, 0.4) is 0 Å². The van der Waals surface area contributed by atoms with Crippen LogP contribution >= 0.6 is 12.2 Å². The second-order valence-electron chi connectivity index (χ2n) is 2.71. The zero-order valence-electron chi connectivity index (χ0n) is 7.21. The monoisotopic (exact) mass is 257 g/mol. The molecule has 0 saturated carbocycles. The van der Waals surface area contributed by atoms with Gasteiger partial charge in [0.15, 0.2) is 0 Å². The van der Waals surface area contributed by atoms with Gasteiger partial charge in [0.2, 0.25) is 0 Å². The van der Waals surface area contributed by atoms with Crippen molar-refractivity contribution in [3.05, 3.63) is 23.9 Å². The van der Waals surface area contributed by atoms with E-state index in [1.54, 1.807) is 0 Å². The first-order chi connectivity index (χ1) is 6.72. The van der Waals surface area contributed by atoms with Gasteiger partial charge in [0.05, 0.1) is 0 Å². The minimum Gasteiger partial charge on any atom is -0.276 e. The van der Waals surface area contributed by atoms with E-state index in [0.29, 0.717) is 4.86 Å². The summed E-state index contributed by atoms with van der Waals surface area (Å²) in [5, 5.41) is 0. The molecule has 1 aliphatic rings. The Bertz CT molecular complexity index is 434. The van der Waals surface area contributed by atoms with Crippen molar-refractivity contribution in [2.75, 3.05) is 0 Å². The van der Waals surface area contributed by atoms with Gasteiger partial charge in [-0.1, -0.05) is 18.3 Å². The smallest absolute Gasteiger partial charge is 0.276 e. The molecular formula is C7H6F3NO2S2. The molecular weight excluding hydrogens is 251 g/mol. The van der Waals surface area contributed by atoms with Crippen LogP contribution in [-0.4, -0.2) is 18.8 Å². The predicted molar refractivity (Wildman–Crippen MR) is 52.5 cm³/mol. The molecule has 0 aromatic carbocycles. The zero-order chi connectivity index (χ0) is 11.7. The lowest BCUT2D eigenvalue weighted by Gasteiger charge is -2.13. The quantitative estimate of drug-likeness (QED) is 0.765. The maximum Gasteiger partial charge on any atom is 0.516 e. The molecule has 1 rings (SSSR count). The Kier molecular flexibility index (Phi) is 3.19. The summed E-state index contributed by atoms with van der Waals surface area (Å²) in [5.41, 5.74) is -5.43. The largest absolute Gasteiger partial charge is 0.516 e. The Hall–Kier alpha value is -0.890. The molecule has 0 atom stereocenters. The van der Waals surface area contributed by atoms with Crippen LogP contribution in [0.4, 0.5) is 13.2 Å². The van der Waals surface area contributed by atoms with Crippen molar-refractivity contribution in [2.24, 2.45) is 0 Å². The molecule has 0 aromatic rings. The third kappa shape index (κ3) is 3.03. The summed E-state index contributed by atoms with van der Waals surface area (Å²) >= 11 is 4.74. The summed E-state index contributed by atoms with van der Waals surface area (Å²) < 4.78 is 58.5. The van der Waals surface area contributed by atoms with Gasteiger partial charge in [-0.25, -0.2) is 0 Å². The van der Waals surface area contributed by atoms with Crippen molar-refractivity contribution in [3.8, 4) is 0 Å². The van der Waals surface area contributed by atoms with Crippen LogP contribution in [0.2, 0.25) is 0 Å². The van der Waals surface area contributed by atoms with Crippen molar-refractivity contribution in [2.45, 2.75) is 11.9 Å². The molecule has 0 fully saturated rings. The lowest BCUT2D eigenvalue weighted by Crippen LogP contribution is -2.35. The van der Waals surface area contributed by atoms with E-state index in [4.69, 9.17) is 12.2 Å². The summed E-state index contributed by atoms with van der Waals surface area (Å²) in [7, 11) is -5.33. The fourth-order valence-electron chi connectivity index (χ4n) is 0.818.